The van der Waals surface area contributed by atoms with Crippen molar-refractivity contribution in [1.29, 1.82) is 0 Å². The SMILES string of the molecule is Cc1cccc(Br)c1CC(O)C(C)(C)F. The van der Waals surface area contributed by atoms with E-state index < -0.39 is 11.8 Å². The maximum Gasteiger partial charge on any atom is 0.131 e. The van der Waals surface area contributed by atoms with E-state index in [0.717, 1.165) is 15.6 Å². The maximum atomic E-state index is 13.5. The molecule has 0 fully saturated rings. The van der Waals surface area contributed by atoms with Crippen molar-refractivity contribution in [1.82, 2.24) is 0 Å². The van der Waals surface area contributed by atoms with Crippen LogP contribution in [-0.2, 0) is 6.42 Å². The second-order valence-electron chi connectivity index (χ2n) is 4.32. The van der Waals surface area contributed by atoms with E-state index in [9.17, 15) is 9.50 Å². The quantitative estimate of drug-likeness (QED) is 0.896. The summed E-state index contributed by atoms with van der Waals surface area (Å²) < 4.78 is 14.4. The largest absolute Gasteiger partial charge is 0.389 e. The average molecular weight is 275 g/mol. The van der Waals surface area contributed by atoms with Gasteiger partial charge in [0.05, 0.1) is 6.10 Å². The molecular weight excluding hydrogens is 259 g/mol. The van der Waals surface area contributed by atoms with Crippen molar-refractivity contribution in [2.45, 2.75) is 39.0 Å². The number of aliphatic hydroxyl groups is 1. The van der Waals surface area contributed by atoms with Crippen molar-refractivity contribution in [2.24, 2.45) is 0 Å². The first-order chi connectivity index (χ1) is 6.82. The number of alkyl halides is 1. The predicted octanol–water partition coefficient (Wildman–Crippen LogP) is 3.41. The summed E-state index contributed by atoms with van der Waals surface area (Å²) >= 11 is 3.41. The van der Waals surface area contributed by atoms with Gasteiger partial charge >= 0.3 is 0 Å². The highest BCUT2D eigenvalue weighted by atomic mass is 79.9. The van der Waals surface area contributed by atoms with Crippen LogP contribution < -0.4 is 0 Å². The van der Waals surface area contributed by atoms with Gasteiger partial charge in [-0.05, 0) is 38.0 Å². The Morgan fingerprint density at radius 2 is 2.07 bits per heavy atom. The minimum absolute atomic E-state index is 0.330. The van der Waals surface area contributed by atoms with Gasteiger partial charge in [-0.25, -0.2) is 4.39 Å². The van der Waals surface area contributed by atoms with Gasteiger partial charge in [-0.1, -0.05) is 28.1 Å². The molecule has 0 aliphatic carbocycles. The number of aryl methyl sites for hydroxylation is 1. The minimum Gasteiger partial charge on any atom is -0.389 e. The van der Waals surface area contributed by atoms with E-state index in [0.29, 0.717) is 6.42 Å². The molecule has 84 valence electrons. The topological polar surface area (TPSA) is 20.2 Å². The predicted molar refractivity (Wildman–Crippen MR) is 63.8 cm³/mol. The average Bonchev–Trinajstić information content (AvgIpc) is 2.09. The molecule has 0 bridgehead atoms. The molecule has 1 rings (SSSR count). The molecule has 1 unspecified atom stereocenters. The van der Waals surface area contributed by atoms with Crippen molar-refractivity contribution in [3.63, 3.8) is 0 Å². The highest BCUT2D eigenvalue weighted by Gasteiger charge is 2.27. The second-order valence-corrected chi connectivity index (χ2v) is 5.17. The molecular formula is C12H16BrFO. The van der Waals surface area contributed by atoms with Gasteiger partial charge in [-0.15, -0.1) is 0 Å². The van der Waals surface area contributed by atoms with Crippen molar-refractivity contribution >= 4 is 15.9 Å². The lowest BCUT2D eigenvalue weighted by Gasteiger charge is -2.23. The van der Waals surface area contributed by atoms with Crippen molar-refractivity contribution in [3.05, 3.63) is 33.8 Å². The molecule has 0 saturated carbocycles. The first-order valence-corrected chi connectivity index (χ1v) is 5.72. The van der Waals surface area contributed by atoms with E-state index in [-0.39, 0.29) is 0 Å². The third-order valence-corrected chi connectivity index (χ3v) is 3.29. The van der Waals surface area contributed by atoms with Gasteiger partial charge in [0.15, 0.2) is 0 Å². The fraction of sp³-hybridized carbons (Fsp3) is 0.500. The molecule has 1 atom stereocenters. The Balaban J connectivity index is 2.90. The van der Waals surface area contributed by atoms with Gasteiger partial charge in [-0.2, -0.15) is 0 Å². The Bertz CT molecular complexity index is 324. The highest BCUT2D eigenvalue weighted by Crippen LogP contribution is 2.25. The number of hydrogen-bond donors (Lipinski definition) is 1. The van der Waals surface area contributed by atoms with E-state index in [2.05, 4.69) is 15.9 Å². The standard InChI is InChI=1S/C12H16BrFO/c1-8-5-4-6-10(13)9(8)7-11(15)12(2,3)14/h4-6,11,15H,7H2,1-3H3. The van der Waals surface area contributed by atoms with Crippen LogP contribution in [0.3, 0.4) is 0 Å². The van der Waals surface area contributed by atoms with Gasteiger partial charge in [0.25, 0.3) is 0 Å². The summed E-state index contributed by atoms with van der Waals surface area (Å²) in [7, 11) is 0. The van der Waals surface area contributed by atoms with Crippen LogP contribution in [0.5, 0.6) is 0 Å². The van der Waals surface area contributed by atoms with Crippen LogP contribution in [0.1, 0.15) is 25.0 Å². The molecule has 0 spiro atoms. The van der Waals surface area contributed by atoms with Crippen LogP contribution >= 0.6 is 15.9 Å². The number of halogens is 2. The lowest BCUT2D eigenvalue weighted by Crippen LogP contribution is -2.33. The van der Waals surface area contributed by atoms with Crippen LogP contribution in [0.15, 0.2) is 22.7 Å². The lowest BCUT2D eigenvalue weighted by molar-refractivity contribution is 0.0179. The normalized spacial score (nSPS) is 14.0. The molecule has 1 aromatic rings. The highest BCUT2D eigenvalue weighted by molar-refractivity contribution is 9.10. The number of hydrogen-bond acceptors (Lipinski definition) is 1. The summed E-state index contributed by atoms with van der Waals surface area (Å²) in [5.74, 6) is 0. The smallest absolute Gasteiger partial charge is 0.131 e. The van der Waals surface area contributed by atoms with Crippen LogP contribution in [-0.4, -0.2) is 16.9 Å². The summed E-state index contributed by atoms with van der Waals surface area (Å²) in [6.45, 7) is 4.74. The van der Waals surface area contributed by atoms with Crippen molar-refractivity contribution in [3.8, 4) is 0 Å². The molecule has 1 nitrogen and oxygen atoms in total. The molecule has 3 heteroatoms. The van der Waals surface area contributed by atoms with Gasteiger partial charge in [0, 0.05) is 10.9 Å². The zero-order valence-electron chi connectivity index (χ0n) is 9.22. The first kappa shape index (κ1) is 12.7. The van der Waals surface area contributed by atoms with Crippen LogP contribution in [0, 0.1) is 6.92 Å². The van der Waals surface area contributed by atoms with Crippen LogP contribution in [0.4, 0.5) is 4.39 Å². The van der Waals surface area contributed by atoms with E-state index in [1.165, 1.54) is 13.8 Å². The molecule has 1 aromatic carbocycles. The van der Waals surface area contributed by atoms with Gasteiger partial charge in [-0.3, -0.25) is 0 Å². The van der Waals surface area contributed by atoms with Crippen molar-refractivity contribution < 1.29 is 9.50 Å². The Hall–Kier alpha value is -0.410. The zero-order valence-corrected chi connectivity index (χ0v) is 10.8. The number of aliphatic hydroxyl groups excluding tert-OH is 1. The second kappa shape index (κ2) is 4.62. The van der Waals surface area contributed by atoms with Crippen LogP contribution in [0.2, 0.25) is 0 Å². The summed E-state index contributed by atoms with van der Waals surface area (Å²) in [5, 5.41) is 9.69. The summed E-state index contributed by atoms with van der Waals surface area (Å²) in [4.78, 5) is 0. The van der Waals surface area contributed by atoms with E-state index in [4.69, 9.17) is 0 Å². The minimum atomic E-state index is -1.57. The monoisotopic (exact) mass is 274 g/mol. The molecule has 0 amide bonds. The van der Waals surface area contributed by atoms with Crippen LogP contribution in [0.25, 0.3) is 0 Å². The zero-order chi connectivity index (χ0) is 11.6. The first-order valence-electron chi connectivity index (χ1n) is 4.93. The molecule has 0 aromatic heterocycles. The van der Waals surface area contributed by atoms with E-state index >= 15 is 0 Å². The number of rotatable bonds is 3. The fourth-order valence-corrected chi connectivity index (χ4v) is 1.99. The molecule has 15 heavy (non-hydrogen) atoms. The van der Waals surface area contributed by atoms with Gasteiger partial charge < -0.3 is 5.11 Å². The third kappa shape index (κ3) is 3.28. The third-order valence-electron chi connectivity index (χ3n) is 2.54. The van der Waals surface area contributed by atoms with E-state index in [1.807, 2.05) is 25.1 Å². The Kier molecular flexibility index (Phi) is 3.90. The van der Waals surface area contributed by atoms with E-state index in [1.54, 1.807) is 0 Å². The summed E-state index contributed by atoms with van der Waals surface area (Å²) in [6.07, 6.45) is -0.647. The summed E-state index contributed by atoms with van der Waals surface area (Å²) in [5.41, 5.74) is 0.463. The summed E-state index contributed by atoms with van der Waals surface area (Å²) in [6, 6.07) is 5.79. The molecule has 0 heterocycles. The molecule has 0 aliphatic heterocycles. The molecule has 0 aliphatic rings. The molecule has 0 radical (unpaired) electrons. The lowest BCUT2D eigenvalue weighted by atomic mass is 9.94. The number of benzene rings is 1. The fourth-order valence-electron chi connectivity index (χ4n) is 1.36. The van der Waals surface area contributed by atoms with Crippen molar-refractivity contribution in [2.75, 3.05) is 0 Å². The maximum absolute atomic E-state index is 13.5. The molecule has 0 saturated heterocycles. The van der Waals surface area contributed by atoms with Gasteiger partial charge in [0.2, 0.25) is 0 Å². The Morgan fingerprint density at radius 3 is 2.53 bits per heavy atom. The Morgan fingerprint density at radius 1 is 1.47 bits per heavy atom. The van der Waals surface area contributed by atoms with Gasteiger partial charge in [0.1, 0.15) is 5.67 Å². The molecule has 1 N–H and O–H groups in total. The Labute approximate surface area is 98.4 Å².